The van der Waals surface area contributed by atoms with Crippen molar-refractivity contribution in [3.05, 3.63) is 24.3 Å². The van der Waals surface area contributed by atoms with Crippen LogP contribution >= 0.6 is 0 Å². The van der Waals surface area contributed by atoms with E-state index in [4.69, 9.17) is 15.2 Å². The lowest BCUT2D eigenvalue weighted by atomic mass is 10.3. The molecule has 0 aliphatic heterocycles. The molecule has 0 saturated heterocycles. The van der Waals surface area contributed by atoms with Gasteiger partial charge < -0.3 is 15.2 Å². The maximum atomic E-state index is 5.79. The third-order valence-electron chi connectivity index (χ3n) is 2.95. The van der Waals surface area contributed by atoms with Crippen LogP contribution in [0.4, 0.5) is 0 Å². The summed E-state index contributed by atoms with van der Waals surface area (Å²) in [6.07, 6.45) is 2.19. The van der Waals surface area contributed by atoms with E-state index in [-0.39, 0.29) is 0 Å². The van der Waals surface area contributed by atoms with E-state index < -0.39 is 0 Å². The summed E-state index contributed by atoms with van der Waals surface area (Å²) in [5.74, 6) is 1.59. The minimum absolute atomic E-state index is 0.672. The van der Waals surface area contributed by atoms with E-state index in [9.17, 15) is 0 Å². The van der Waals surface area contributed by atoms with Gasteiger partial charge >= 0.3 is 0 Å². The average molecular weight is 266 g/mol. The SMILES string of the molecule is CCCN(CCCN)CCOc1ccccc1OC. The molecule has 2 N–H and O–H groups in total. The Hall–Kier alpha value is -1.26. The van der Waals surface area contributed by atoms with Gasteiger partial charge in [0.25, 0.3) is 0 Å². The Labute approximate surface area is 116 Å². The summed E-state index contributed by atoms with van der Waals surface area (Å²) in [5.41, 5.74) is 5.56. The molecule has 19 heavy (non-hydrogen) atoms. The molecule has 0 aromatic heterocycles. The number of para-hydroxylation sites is 2. The second kappa shape index (κ2) is 9.64. The van der Waals surface area contributed by atoms with Crippen molar-refractivity contribution in [1.82, 2.24) is 4.90 Å². The highest BCUT2D eigenvalue weighted by atomic mass is 16.5. The molecule has 0 spiro atoms. The topological polar surface area (TPSA) is 47.7 Å². The summed E-state index contributed by atoms with van der Waals surface area (Å²) in [4.78, 5) is 2.39. The van der Waals surface area contributed by atoms with Crippen molar-refractivity contribution in [1.29, 1.82) is 0 Å². The second-order valence-electron chi connectivity index (χ2n) is 4.48. The first kappa shape index (κ1) is 15.8. The van der Waals surface area contributed by atoms with E-state index in [1.807, 2.05) is 24.3 Å². The smallest absolute Gasteiger partial charge is 0.161 e. The highest BCUT2D eigenvalue weighted by Crippen LogP contribution is 2.25. The van der Waals surface area contributed by atoms with Crippen molar-refractivity contribution in [2.75, 3.05) is 39.9 Å². The van der Waals surface area contributed by atoms with Gasteiger partial charge in [-0.25, -0.2) is 0 Å². The zero-order valence-electron chi connectivity index (χ0n) is 12.1. The van der Waals surface area contributed by atoms with Crippen LogP contribution in [0.25, 0.3) is 0 Å². The molecule has 0 aliphatic rings. The summed E-state index contributed by atoms with van der Waals surface area (Å²) in [7, 11) is 1.66. The van der Waals surface area contributed by atoms with Crippen molar-refractivity contribution in [3.63, 3.8) is 0 Å². The van der Waals surface area contributed by atoms with Gasteiger partial charge in [-0.15, -0.1) is 0 Å². The van der Waals surface area contributed by atoms with E-state index in [1.54, 1.807) is 7.11 Å². The van der Waals surface area contributed by atoms with Crippen LogP contribution in [-0.4, -0.2) is 44.8 Å². The van der Waals surface area contributed by atoms with Crippen LogP contribution in [0, 0.1) is 0 Å². The van der Waals surface area contributed by atoms with Gasteiger partial charge in [0.2, 0.25) is 0 Å². The number of nitrogens with two attached hydrogens (primary N) is 1. The number of methoxy groups -OCH3 is 1. The van der Waals surface area contributed by atoms with Crippen molar-refractivity contribution in [2.24, 2.45) is 5.73 Å². The maximum Gasteiger partial charge on any atom is 0.161 e. The first-order valence-corrected chi connectivity index (χ1v) is 7.00. The molecule has 1 rings (SSSR count). The number of hydrogen-bond donors (Lipinski definition) is 1. The van der Waals surface area contributed by atoms with Gasteiger partial charge in [-0.2, -0.15) is 0 Å². The van der Waals surface area contributed by atoms with Gasteiger partial charge in [0.1, 0.15) is 6.61 Å². The Kier molecular flexibility index (Phi) is 8.02. The molecule has 1 aromatic rings. The van der Waals surface area contributed by atoms with Crippen LogP contribution in [0.2, 0.25) is 0 Å². The first-order valence-electron chi connectivity index (χ1n) is 7.00. The summed E-state index contributed by atoms with van der Waals surface area (Å²) >= 11 is 0. The molecule has 1 aromatic carbocycles. The Balaban J connectivity index is 2.38. The van der Waals surface area contributed by atoms with Gasteiger partial charge in [-0.05, 0) is 44.6 Å². The number of hydrogen-bond acceptors (Lipinski definition) is 4. The molecule has 0 atom stereocenters. The highest BCUT2D eigenvalue weighted by molar-refractivity contribution is 5.39. The Morgan fingerprint density at radius 1 is 1.11 bits per heavy atom. The molecule has 0 radical (unpaired) electrons. The zero-order valence-corrected chi connectivity index (χ0v) is 12.1. The summed E-state index contributed by atoms with van der Waals surface area (Å²) < 4.78 is 11.0. The molecular weight excluding hydrogens is 240 g/mol. The third kappa shape index (κ3) is 5.94. The zero-order chi connectivity index (χ0) is 13.9. The second-order valence-corrected chi connectivity index (χ2v) is 4.48. The van der Waals surface area contributed by atoms with Crippen LogP contribution in [0.1, 0.15) is 19.8 Å². The monoisotopic (exact) mass is 266 g/mol. The normalized spacial score (nSPS) is 10.7. The van der Waals surface area contributed by atoms with Gasteiger partial charge in [0.05, 0.1) is 7.11 Å². The third-order valence-corrected chi connectivity index (χ3v) is 2.95. The quantitative estimate of drug-likeness (QED) is 0.705. The van der Waals surface area contributed by atoms with Crippen LogP contribution in [0.3, 0.4) is 0 Å². The fourth-order valence-electron chi connectivity index (χ4n) is 1.99. The van der Waals surface area contributed by atoms with E-state index >= 15 is 0 Å². The largest absolute Gasteiger partial charge is 0.493 e. The van der Waals surface area contributed by atoms with Gasteiger partial charge in [-0.3, -0.25) is 4.90 Å². The molecule has 0 heterocycles. The number of ether oxygens (including phenoxy) is 2. The highest BCUT2D eigenvalue weighted by Gasteiger charge is 2.05. The minimum Gasteiger partial charge on any atom is -0.493 e. The fourth-order valence-corrected chi connectivity index (χ4v) is 1.99. The van der Waals surface area contributed by atoms with Crippen molar-refractivity contribution in [3.8, 4) is 11.5 Å². The fraction of sp³-hybridized carbons (Fsp3) is 0.600. The van der Waals surface area contributed by atoms with E-state index in [0.29, 0.717) is 6.61 Å². The van der Waals surface area contributed by atoms with Crippen LogP contribution in [0.5, 0.6) is 11.5 Å². The Bertz CT molecular complexity index is 345. The van der Waals surface area contributed by atoms with Gasteiger partial charge in [-0.1, -0.05) is 19.1 Å². The molecule has 0 unspecified atom stereocenters. The predicted octanol–water partition coefficient (Wildman–Crippen LogP) is 2.13. The summed E-state index contributed by atoms with van der Waals surface area (Å²) in [6, 6.07) is 7.74. The van der Waals surface area contributed by atoms with E-state index in [0.717, 1.165) is 50.5 Å². The molecule has 4 nitrogen and oxygen atoms in total. The lowest BCUT2D eigenvalue weighted by Crippen LogP contribution is -2.31. The minimum atomic E-state index is 0.672. The lowest BCUT2D eigenvalue weighted by molar-refractivity contribution is 0.203. The molecule has 4 heteroatoms. The maximum absolute atomic E-state index is 5.79. The Morgan fingerprint density at radius 2 is 1.84 bits per heavy atom. The molecule has 0 aliphatic carbocycles. The van der Waals surface area contributed by atoms with Crippen molar-refractivity contribution >= 4 is 0 Å². The number of nitrogens with zero attached hydrogens (tertiary/aromatic N) is 1. The molecule has 0 bridgehead atoms. The van der Waals surface area contributed by atoms with Crippen LogP contribution in [0.15, 0.2) is 24.3 Å². The number of benzene rings is 1. The standard InChI is InChI=1S/C15H26N2O2/c1-3-10-17(11-6-9-16)12-13-19-15-8-5-4-7-14(15)18-2/h4-5,7-8H,3,6,9-13,16H2,1-2H3. The summed E-state index contributed by atoms with van der Waals surface area (Å²) in [6.45, 7) is 6.66. The van der Waals surface area contributed by atoms with Gasteiger partial charge in [0, 0.05) is 6.54 Å². The molecule has 0 saturated carbocycles. The van der Waals surface area contributed by atoms with Crippen molar-refractivity contribution in [2.45, 2.75) is 19.8 Å². The van der Waals surface area contributed by atoms with E-state index in [1.165, 1.54) is 0 Å². The lowest BCUT2D eigenvalue weighted by Gasteiger charge is -2.21. The first-order chi connectivity index (χ1) is 9.31. The Morgan fingerprint density at radius 3 is 2.47 bits per heavy atom. The van der Waals surface area contributed by atoms with Crippen LogP contribution < -0.4 is 15.2 Å². The molecule has 0 amide bonds. The number of rotatable bonds is 10. The van der Waals surface area contributed by atoms with Crippen molar-refractivity contribution < 1.29 is 9.47 Å². The molecule has 108 valence electrons. The predicted molar refractivity (Wildman–Crippen MR) is 78.9 cm³/mol. The van der Waals surface area contributed by atoms with E-state index in [2.05, 4.69) is 11.8 Å². The van der Waals surface area contributed by atoms with Crippen LogP contribution in [-0.2, 0) is 0 Å². The average Bonchev–Trinajstić information content (AvgIpc) is 2.45. The van der Waals surface area contributed by atoms with Gasteiger partial charge in [0.15, 0.2) is 11.5 Å². The summed E-state index contributed by atoms with van der Waals surface area (Å²) in [5, 5.41) is 0. The molecule has 0 fully saturated rings. The molecular formula is C15H26N2O2.